The van der Waals surface area contributed by atoms with Gasteiger partial charge in [0.15, 0.2) is 0 Å². The fraction of sp³-hybridized carbons (Fsp3) is 0.538. The smallest absolute Gasteiger partial charge is 0.124 e. The lowest BCUT2D eigenvalue weighted by atomic mass is 10.00. The third-order valence-electron chi connectivity index (χ3n) is 3.12. The minimum atomic E-state index is -0.288. The van der Waals surface area contributed by atoms with E-state index in [9.17, 15) is 5.11 Å². The minimum absolute atomic E-state index is 0.0935. The second-order valence-corrected chi connectivity index (χ2v) is 4.75. The molecule has 0 fully saturated rings. The molecule has 1 aromatic rings. The third-order valence-corrected chi connectivity index (χ3v) is 3.47. The summed E-state index contributed by atoms with van der Waals surface area (Å²) in [7, 11) is 1.63. The van der Waals surface area contributed by atoms with Crippen molar-refractivity contribution in [3.63, 3.8) is 0 Å². The normalized spacial score (nSPS) is 14.4. The van der Waals surface area contributed by atoms with Crippen LogP contribution < -0.4 is 10.1 Å². The zero-order valence-corrected chi connectivity index (χ0v) is 11.3. The van der Waals surface area contributed by atoms with Crippen molar-refractivity contribution in [2.24, 2.45) is 0 Å². The number of hydrogen-bond donors (Lipinski definition) is 2. The maximum absolute atomic E-state index is 9.33. The summed E-state index contributed by atoms with van der Waals surface area (Å²) in [4.78, 5) is 0. The zero-order valence-electron chi connectivity index (χ0n) is 10.6. The first-order valence-corrected chi connectivity index (χ1v) is 6.11. The molecule has 0 aromatic heterocycles. The Kier molecular flexibility index (Phi) is 5.25. The van der Waals surface area contributed by atoms with Crippen molar-refractivity contribution in [1.29, 1.82) is 0 Å². The van der Waals surface area contributed by atoms with Gasteiger partial charge >= 0.3 is 0 Å². The SMILES string of the molecule is CCC(C)(CO)NCc1c(Cl)cccc1OC. The molecule has 0 amide bonds. The second-order valence-electron chi connectivity index (χ2n) is 4.35. The van der Waals surface area contributed by atoms with Gasteiger partial charge in [0.25, 0.3) is 0 Å². The van der Waals surface area contributed by atoms with E-state index >= 15 is 0 Å². The topological polar surface area (TPSA) is 41.5 Å². The molecule has 0 saturated heterocycles. The fourth-order valence-electron chi connectivity index (χ4n) is 1.50. The number of nitrogens with one attached hydrogen (secondary N) is 1. The zero-order chi connectivity index (χ0) is 12.9. The Hall–Kier alpha value is -0.770. The van der Waals surface area contributed by atoms with Crippen molar-refractivity contribution >= 4 is 11.6 Å². The molecule has 17 heavy (non-hydrogen) atoms. The monoisotopic (exact) mass is 257 g/mol. The van der Waals surface area contributed by atoms with Crippen LogP contribution in [0, 0.1) is 0 Å². The predicted molar refractivity (Wildman–Crippen MR) is 70.6 cm³/mol. The number of ether oxygens (including phenoxy) is 1. The number of halogens is 1. The number of aliphatic hydroxyl groups excluding tert-OH is 1. The Bertz CT molecular complexity index is 364. The molecule has 4 heteroatoms. The summed E-state index contributed by atoms with van der Waals surface area (Å²) in [6, 6.07) is 5.57. The molecule has 1 atom stereocenters. The standard InChI is InChI=1S/C13H20ClNO2/c1-4-13(2,9-16)15-8-10-11(14)6-5-7-12(10)17-3/h5-7,15-16H,4,8-9H2,1-3H3. The molecule has 2 N–H and O–H groups in total. The molecule has 0 bridgehead atoms. The lowest BCUT2D eigenvalue weighted by Crippen LogP contribution is -2.44. The van der Waals surface area contributed by atoms with Crippen LogP contribution in [0.15, 0.2) is 18.2 Å². The van der Waals surface area contributed by atoms with E-state index in [1.807, 2.05) is 32.0 Å². The highest BCUT2D eigenvalue weighted by molar-refractivity contribution is 6.31. The summed E-state index contributed by atoms with van der Waals surface area (Å²) in [5.41, 5.74) is 0.634. The van der Waals surface area contributed by atoms with Crippen LogP contribution in [-0.2, 0) is 6.54 Å². The minimum Gasteiger partial charge on any atom is -0.496 e. The number of aliphatic hydroxyl groups is 1. The van der Waals surface area contributed by atoms with Crippen LogP contribution in [0.5, 0.6) is 5.75 Å². The van der Waals surface area contributed by atoms with Crippen LogP contribution in [-0.4, -0.2) is 24.4 Å². The molecule has 1 rings (SSSR count). The van der Waals surface area contributed by atoms with E-state index < -0.39 is 0 Å². The average Bonchev–Trinajstić information content (AvgIpc) is 2.36. The van der Waals surface area contributed by atoms with Gasteiger partial charge in [-0.15, -0.1) is 0 Å². The molecule has 0 saturated carbocycles. The predicted octanol–water partition coefficient (Wildman–Crippen LogP) is 2.60. The lowest BCUT2D eigenvalue weighted by molar-refractivity contribution is 0.168. The summed E-state index contributed by atoms with van der Waals surface area (Å²) < 4.78 is 5.27. The van der Waals surface area contributed by atoms with Gasteiger partial charge in [-0.2, -0.15) is 0 Å². The van der Waals surface area contributed by atoms with Gasteiger partial charge in [0.05, 0.1) is 13.7 Å². The van der Waals surface area contributed by atoms with Crippen molar-refractivity contribution in [2.45, 2.75) is 32.4 Å². The third kappa shape index (κ3) is 3.60. The van der Waals surface area contributed by atoms with Crippen LogP contribution in [0.25, 0.3) is 0 Å². The van der Waals surface area contributed by atoms with E-state index in [4.69, 9.17) is 16.3 Å². The molecule has 1 aromatic carbocycles. The summed E-state index contributed by atoms with van der Waals surface area (Å²) in [5, 5.41) is 13.3. The molecule has 0 heterocycles. The van der Waals surface area contributed by atoms with Crippen LogP contribution in [0.3, 0.4) is 0 Å². The van der Waals surface area contributed by atoms with Gasteiger partial charge in [-0.1, -0.05) is 24.6 Å². The van der Waals surface area contributed by atoms with Crippen molar-refractivity contribution < 1.29 is 9.84 Å². The van der Waals surface area contributed by atoms with Crippen LogP contribution in [0.1, 0.15) is 25.8 Å². The van der Waals surface area contributed by atoms with E-state index in [-0.39, 0.29) is 12.1 Å². The van der Waals surface area contributed by atoms with Crippen LogP contribution >= 0.6 is 11.6 Å². The number of benzene rings is 1. The summed E-state index contributed by atoms with van der Waals surface area (Å²) >= 11 is 6.14. The lowest BCUT2D eigenvalue weighted by Gasteiger charge is -2.28. The molecule has 0 aliphatic rings. The molecule has 0 aliphatic carbocycles. The van der Waals surface area contributed by atoms with E-state index in [1.54, 1.807) is 7.11 Å². The maximum Gasteiger partial charge on any atom is 0.124 e. The van der Waals surface area contributed by atoms with E-state index in [2.05, 4.69) is 5.32 Å². The Labute approximate surface area is 108 Å². The van der Waals surface area contributed by atoms with Gasteiger partial charge in [-0.3, -0.25) is 0 Å². The number of methoxy groups -OCH3 is 1. The highest BCUT2D eigenvalue weighted by Gasteiger charge is 2.21. The van der Waals surface area contributed by atoms with Crippen molar-refractivity contribution in [1.82, 2.24) is 5.32 Å². The molecule has 0 radical (unpaired) electrons. The van der Waals surface area contributed by atoms with Crippen molar-refractivity contribution in [3.05, 3.63) is 28.8 Å². The highest BCUT2D eigenvalue weighted by atomic mass is 35.5. The van der Waals surface area contributed by atoms with Crippen molar-refractivity contribution in [3.8, 4) is 5.75 Å². The highest BCUT2D eigenvalue weighted by Crippen LogP contribution is 2.26. The molecule has 3 nitrogen and oxygen atoms in total. The summed E-state index contributed by atoms with van der Waals surface area (Å²) in [5.74, 6) is 0.765. The van der Waals surface area contributed by atoms with E-state index in [1.165, 1.54) is 0 Å². The number of rotatable bonds is 6. The van der Waals surface area contributed by atoms with Crippen LogP contribution in [0.2, 0.25) is 5.02 Å². The van der Waals surface area contributed by atoms with E-state index in [0.29, 0.717) is 11.6 Å². The molecular weight excluding hydrogens is 238 g/mol. The van der Waals surface area contributed by atoms with Gasteiger partial charge in [-0.05, 0) is 25.5 Å². The summed E-state index contributed by atoms with van der Waals surface area (Å²) in [6.45, 7) is 4.69. The van der Waals surface area contributed by atoms with Gasteiger partial charge in [0.2, 0.25) is 0 Å². The largest absolute Gasteiger partial charge is 0.496 e. The van der Waals surface area contributed by atoms with Gasteiger partial charge in [0, 0.05) is 22.7 Å². The Morgan fingerprint density at radius 1 is 1.47 bits per heavy atom. The summed E-state index contributed by atoms with van der Waals surface area (Å²) in [6.07, 6.45) is 0.844. The van der Waals surface area contributed by atoms with Gasteiger partial charge in [0.1, 0.15) is 5.75 Å². The second kappa shape index (κ2) is 6.24. The van der Waals surface area contributed by atoms with E-state index in [0.717, 1.165) is 17.7 Å². The molecule has 1 unspecified atom stereocenters. The number of hydrogen-bond acceptors (Lipinski definition) is 3. The Morgan fingerprint density at radius 2 is 2.18 bits per heavy atom. The first-order valence-electron chi connectivity index (χ1n) is 5.73. The molecule has 0 spiro atoms. The maximum atomic E-state index is 9.33. The van der Waals surface area contributed by atoms with Crippen LogP contribution in [0.4, 0.5) is 0 Å². The fourth-order valence-corrected chi connectivity index (χ4v) is 1.73. The molecular formula is C13H20ClNO2. The molecule has 96 valence electrons. The van der Waals surface area contributed by atoms with Gasteiger partial charge in [-0.25, -0.2) is 0 Å². The molecule has 0 aliphatic heterocycles. The average molecular weight is 258 g/mol. The quantitative estimate of drug-likeness (QED) is 0.823. The Balaban J connectivity index is 2.81. The first kappa shape index (κ1) is 14.3. The first-order chi connectivity index (χ1) is 8.06. The van der Waals surface area contributed by atoms with Crippen molar-refractivity contribution in [2.75, 3.05) is 13.7 Å². The Morgan fingerprint density at radius 3 is 2.71 bits per heavy atom. The van der Waals surface area contributed by atoms with Gasteiger partial charge < -0.3 is 15.2 Å².